The Morgan fingerprint density at radius 2 is 2.38 bits per heavy atom. The number of carbonyl (C=O) groups excluding carboxylic acids is 1. The van der Waals surface area contributed by atoms with Gasteiger partial charge < -0.3 is 9.64 Å². The number of aryl methyl sites for hydroxylation is 1. The molecule has 2 atom stereocenters. The Kier molecular flexibility index (Phi) is 3.25. The third-order valence-corrected chi connectivity index (χ3v) is 3.72. The van der Waals surface area contributed by atoms with E-state index in [-0.39, 0.29) is 18.1 Å². The molecule has 0 aromatic carbocycles. The summed E-state index contributed by atoms with van der Waals surface area (Å²) in [4.78, 5) is 19.0. The van der Waals surface area contributed by atoms with Crippen LogP contribution in [0, 0.1) is 6.92 Å². The third-order valence-electron chi connectivity index (χ3n) is 2.81. The van der Waals surface area contributed by atoms with E-state index in [9.17, 15) is 4.79 Å². The lowest BCUT2D eigenvalue weighted by atomic mass is 10.2. The van der Waals surface area contributed by atoms with Gasteiger partial charge in [-0.25, -0.2) is 4.98 Å². The van der Waals surface area contributed by atoms with Gasteiger partial charge >= 0.3 is 0 Å². The van der Waals surface area contributed by atoms with Gasteiger partial charge in [0.25, 0.3) is 5.91 Å². The minimum atomic E-state index is 0.0858. The van der Waals surface area contributed by atoms with Crippen molar-refractivity contribution in [3.8, 4) is 0 Å². The second-order valence-corrected chi connectivity index (χ2v) is 5.07. The highest BCUT2D eigenvalue weighted by Crippen LogP contribution is 2.19. The number of rotatable bonds is 1. The lowest BCUT2D eigenvalue weighted by molar-refractivity contribution is -0.0385. The monoisotopic (exact) mass is 240 g/mol. The van der Waals surface area contributed by atoms with E-state index in [1.165, 1.54) is 11.3 Å². The average Bonchev–Trinajstić information content (AvgIpc) is 2.67. The Morgan fingerprint density at radius 3 is 3.00 bits per heavy atom. The van der Waals surface area contributed by atoms with Crippen LogP contribution in [0.4, 0.5) is 0 Å². The van der Waals surface area contributed by atoms with Gasteiger partial charge in [0.2, 0.25) is 0 Å². The van der Waals surface area contributed by atoms with Crippen molar-refractivity contribution in [2.45, 2.75) is 32.9 Å². The molecule has 0 saturated carbocycles. The van der Waals surface area contributed by atoms with Crippen molar-refractivity contribution in [3.05, 3.63) is 16.1 Å². The Hall–Kier alpha value is -0.940. The molecular weight excluding hydrogens is 224 g/mol. The van der Waals surface area contributed by atoms with Crippen LogP contribution < -0.4 is 0 Å². The van der Waals surface area contributed by atoms with Gasteiger partial charge in [-0.3, -0.25) is 4.79 Å². The molecule has 0 unspecified atom stereocenters. The van der Waals surface area contributed by atoms with Crippen molar-refractivity contribution in [2.75, 3.05) is 13.2 Å². The molecule has 4 nitrogen and oxygen atoms in total. The van der Waals surface area contributed by atoms with Gasteiger partial charge in [0.05, 0.1) is 30.0 Å². The quantitative estimate of drug-likeness (QED) is 0.750. The highest BCUT2D eigenvalue weighted by Gasteiger charge is 2.29. The lowest BCUT2D eigenvalue weighted by Gasteiger charge is -2.36. The molecule has 1 aliphatic heterocycles. The predicted molar refractivity (Wildman–Crippen MR) is 62.8 cm³/mol. The molecule has 2 heterocycles. The van der Waals surface area contributed by atoms with E-state index < -0.39 is 0 Å². The zero-order chi connectivity index (χ0) is 11.7. The Labute approximate surface area is 99.2 Å². The molecule has 16 heavy (non-hydrogen) atoms. The number of aromatic nitrogens is 1. The zero-order valence-electron chi connectivity index (χ0n) is 9.77. The van der Waals surface area contributed by atoms with Gasteiger partial charge in [-0.1, -0.05) is 0 Å². The van der Waals surface area contributed by atoms with Crippen molar-refractivity contribution in [1.29, 1.82) is 0 Å². The lowest BCUT2D eigenvalue weighted by Crippen LogP contribution is -2.50. The number of morpholine rings is 1. The van der Waals surface area contributed by atoms with Gasteiger partial charge in [-0.05, 0) is 20.8 Å². The van der Waals surface area contributed by atoms with Crippen LogP contribution in [0.25, 0.3) is 0 Å². The molecule has 5 heteroatoms. The molecule has 1 saturated heterocycles. The molecule has 1 aromatic heterocycles. The molecule has 0 spiro atoms. The van der Waals surface area contributed by atoms with E-state index in [2.05, 4.69) is 4.98 Å². The average molecular weight is 240 g/mol. The van der Waals surface area contributed by atoms with E-state index in [0.29, 0.717) is 13.2 Å². The van der Waals surface area contributed by atoms with Crippen molar-refractivity contribution in [3.63, 3.8) is 0 Å². The van der Waals surface area contributed by atoms with Crippen LogP contribution in [0.2, 0.25) is 0 Å². The Morgan fingerprint density at radius 1 is 1.62 bits per heavy atom. The first-order valence-electron chi connectivity index (χ1n) is 5.42. The highest BCUT2D eigenvalue weighted by molar-refractivity contribution is 7.11. The van der Waals surface area contributed by atoms with E-state index in [0.717, 1.165) is 10.6 Å². The summed E-state index contributed by atoms with van der Waals surface area (Å²) in [5.74, 6) is 0.0858. The van der Waals surface area contributed by atoms with Crippen LogP contribution in [0.15, 0.2) is 5.51 Å². The number of thiazole rings is 1. The maximum Gasteiger partial charge on any atom is 0.266 e. The first-order valence-corrected chi connectivity index (χ1v) is 6.30. The number of hydrogen-bond acceptors (Lipinski definition) is 4. The summed E-state index contributed by atoms with van der Waals surface area (Å²) >= 11 is 1.41. The molecule has 1 fully saturated rings. The van der Waals surface area contributed by atoms with Gasteiger partial charge in [-0.2, -0.15) is 0 Å². The molecule has 0 radical (unpaired) electrons. The summed E-state index contributed by atoms with van der Waals surface area (Å²) < 4.78 is 5.51. The molecule has 88 valence electrons. The predicted octanol–water partition coefficient (Wildman–Crippen LogP) is 1.70. The second-order valence-electron chi connectivity index (χ2n) is 4.22. The van der Waals surface area contributed by atoms with E-state index >= 15 is 0 Å². The molecule has 2 rings (SSSR count). The summed E-state index contributed by atoms with van der Waals surface area (Å²) in [6.45, 7) is 7.16. The Balaban J connectivity index is 2.18. The van der Waals surface area contributed by atoms with E-state index in [4.69, 9.17) is 4.74 Å². The first kappa shape index (κ1) is 11.5. The molecule has 1 aliphatic rings. The molecular formula is C11H16N2O2S. The largest absolute Gasteiger partial charge is 0.375 e. The van der Waals surface area contributed by atoms with Gasteiger partial charge in [-0.15, -0.1) is 11.3 Å². The molecule has 0 N–H and O–H groups in total. The van der Waals surface area contributed by atoms with Crippen molar-refractivity contribution >= 4 is 17.2 Å². The fourth-order valence-corrected chi connectivity index (χ4v) is 2.58. The number of ether oxygens (including phenoxy) is 1. The number of carbonyl (C=O) groups is 1. The zero-order valence-corrected chi connectivity index (χ0v) is 10.6. The summed E-state index contributed by atoms with van der Waals surface area (Å²) in [5.41, 5.74) is 2.54. The maximum absolute atomic E-state index is 12.3. The SMILES string of the molecule is Cc1ncsc1C(=O)N1C[C@@H](C)OC[C@@H]1C. The summed E-state index contributed by atoms with van der Waals surface area (Å²) in [6, 6.07) is 0.144. The summed E-state index contributed by atoms with van der Waals surface area (Å²) in [6.07, 6.45) is 0.119. The van der Waals surface area contributed by atoms with Crippen LogP contribution >= 0.6 is 11.3 Å². The van der Waals surface area contributed by atoms with Crippen LogP contribution in [0.3, 0.4) is 0 Å². The topological polar surface area (TPSA) is 42.4 Å². The second kappa shape index (κ2) is 4.51. The highest BCUT2D eigenvalue weighted by atomic mass is 32.1. The standard InChI is InChI=1S/C11H16N2O2S/c1-7-5-15-8(2)4-13(7)11(14)10-9(3)12-6-16-10/h6-8H,4-5H2,1-3H3/t7-,8+/m0/s1. The van der Waals surface area contributed by atoms with E-state index in [1.807, 2.05) is 25.7 Å². The molecule has 1 amide bonds. The summed E-state index contributed by atoms with van der Waals surface area (Å²) in [7, 11) is 0. The molecule has 0 bridgehead atoms. The normalized spacial score (nSPS) is 25.8. The fraction of sp³-hybridized carbons (Fsp3) is 0.636. The fourth-order valence-electron chi connectivity index (χ4n) is 1.82. The number of hydrogen-bond donors (Lipinski definition) is 0. The smallest absolute Gasteiger partial charge is 0.266 e. The van der Waals surface area contributed by atoms with Crippen LogP contribution in [0.5, 0.6) is 0 Å². The van der Waals surface area contributed by atoms with Crippen LogP contribution in [0.1, 0.15) is 29.2 Å². The number of amides is 1. The van der Waals surface area contributed by atoms with Gasteiger partial charge in [0.1, 0.15) is 4.88 Å². The van der Waals surface area contributed by atoms with Crippen molar-refractivity contribution < 1.29 is 9.53 Å². The minimum Gasteiger partial charge on any atom is -0.375 e. The van der Waals surface area contributed by atoms with Gasteiger partial charge in [0.15, 0.2) is 0 Å². The van der Waals surface area contributed by atoms with Gasteiger partial charge in [0, 0.05) is 6.54 Å². The van der Waals surface area contributed by atoms with Crippen LogP contribution in [-0.2, 0) is 4.74 Å². The molecule has 0 aliphatic carbocycles. The minimum absolute atomic E-state index is 0.0858. The van der Waals surface area contributed by atoms with Crippen molar-refractivity contribution in [1.82, 2.24) is 9.88 Å². The van der Waals surface area contributed by atoms with E-state index in [1.54, 1.807) is 5.51 Å². The van der Waals surface area contributed by atoms with Crippen molar-refractivity contribution in [2.24, 2.45) is 0 Å². The first-order chi connectivity index (χ1) is 7.59. The number of nitrogens with zero attached hydrogens (tertiary/aromatic N) is 2. The third kappa shape index (κ3) is 2.10. The Bertz CT molecular complexity index is 391. The summed E-state index contributed by atoms with van der Waals surface area (Å²) in [5, 5.41) is 0. The maximum atomic E-state index is 12.3. The molecule has 1 aromatic rings. The van der Waals surface area contributed by atoms with Crippen LogP contribution in [-0.4, -0.2) is 41.1 Å².